The zero-order valence-corrected chi connectivity index (χ0v) is 16.3. The molecule has 7 nitrogen and oxygen atoms in total. The maximum atomic E-state index is 12.7. The van der Waals surface area contributed by atoms with E-state index in [1.165, 1.54) is 6.08 Å². The molecule has 0 bridgehead atoms. The van der Waals surface area contributed by atoms with E-state index in [-0.39, 0.29) is 16.6 Å². The molecule has 0 radical (unpaired) electrons. The van der Waals surface area contributed by atoms with Crippen LogP contribution in [0, 0.1) is 34.8 Å². The van der Waals surface area contributed by atoms with Gasteiger partial charge in [0.15, 0.2) is 5.82 Å². The third-order valence-electron chi connectivity index (χ3n) is 5.22. The second-order valence-corrected chi connectivity index (χ2v) is 6.98. The highest BCUT2D eigenvalue weighted by molar-refractivity contribution is 6.16. The van der Waals surface area contributed by atoms with Crippen LogP contribution < -0.4 is 16.8 Å². The molecule has 150 valence electrons. The van der Waals surface area contributed by atoms with Gasteiger partial charge in [-0.3, -0.25) is 10.1 Å². The SMILES string of the molecule is C#Cc1cccc(C2=C3NC(N)=C(N)N=C3C=CC2(c2cccc(C#C)c2)[N+](=O)[O-])c1. The smallest absolute Gasteiger partial charge is 0.293 e. The van der Waals surface area contributed by atoms with Crippen LogP contribution in [0.2, 0.25) is 0 Å². The minimum atomic E-state index is -1.77. The van der Waals surface area contributed by atoms with Gasteiger partial charge < -0.3 is 16.8 Å². The zero-order valence-electron chi connectivity index (χ0n) is 16.3. The van der Waals surface area contributed by atoms with Gasteiger partial charge in [-0.15, -0.1) is 12.8 Å². The Labute approximate surface area is 179 Å². The first kappa shape index (κ1) is 19.6. The van der Waals surface area contributed by atoms with Crippen LogP contribution in [0.5, 0.6) is 0 Å². The minimum Gasteiger partial charge on any atom is -0.382 e. The highest BCUT2D eigenvalue weighted by Gasteiger charge is 2.51. The predicted molar refractivity (Wildman–Crippen MR) is 119 cm³/mol. The molecule has 1 atom stereocenters. The number of hydrogen-bond donors (Lipinski definition) is 3. The molecule has 0 saturated carbocycles. The van der Waals surface area contributed by atoms with Gasteiger partial charge in [-0.05, 0) is 35.9 Å². The van der Waals surface area contributed by atoms with Gasteiger partial charge in [-0.1, -0.05) is 36.1 Å². The topological polar surface area (TPSA) is 120 Å². The molecule has 2 aliphatic rings. The van der Waals surface area contributed by atoms with E-state index in [1.54, 1.807) is 54.6 Å². The first-order chi connectivity index (χ1) is 14.9. The van der Waals surface area contributed by atoms with Crippen LogP contribution in [0.3, 0.4) is 0 Å². The number of hydrogen-bond acceptors (Lipinski definition) is 6. The third-order valence-corrected chi connectivity index (χ3v) is 5.22. The first-order valence-electron chi connectivity index (χ1n) is 9.24. The van der Waals surface area contributed by atoms with E-state index in [9.17, 15) is 10.1 Å². The van der Waals surface area contributed by atoms with Crippen LogP contribution in [0.15, 0.2) is 83.0 Å². The summed E-state index contributed by atoms with van der Waals surface area (Å²) in [4.78, 5) is 16.7. The van der Waals surface area contributed by atoms with Gasteiger partial charge in [0.2, 0.25) is 0 Å². The highest BCUT2D eigenvalue weighted by Crippen LogP contribution is 2.45. The summed E-state index contributed by atoms with van der Waals surface area (Å²) in [5.74, 6) is 5.31. The van der Waals surface area contributed by atoms with E-state index in [1.807, 2.05) is 0 Å². The number of aliphatic imine (C=N–C) groups is 1. The van der Waals surface area contributed by atoms with E-state index < -0.39 is 5.54 Å². The lowest BCUT2D eigenvalue weighted by atomic mass is 9.74. The van der Waals surface area contributed by atoms with Crippen molar-refractivity contribution in [1.82, 2.24) is 5.32 Å². The summed E-state index contributed by atoms with van der Waals surface area (Å²) in [5.41, 5.74) is 13.2. The van der Waals surface area contributed by atoms with Gasteiger partial charge in [0.25, 0.3) is 5.54 Å². The van der Waals surface area contributed by atoms with Crippen LogP contribution in [0.25, 0.3) is 5.57 Å². The fraction of sp³-hybridized carbons (Fsp3) is 0.0417. The molecule has 0 aromatic heterocycles. The Morgan fingerprint density at radius 1 is 1.06 bits per heavy atom. The average molecular weight is 407 g/mol. The molecule has 1 aliphatic heterocycles. The monoisotopic (exact) mass is 407 g/mol. The number of nitrogens with two attached hydrogens (primary N) is 2. The molecule has 7 heteroatoms. The van der Waals surface area contributed by atoms with Crippen molar-refractivity contribution in [3.63, 3.8) is 0 Å². The number of nitro groups is 1. The number of fused-ring (bicyclic) bond motifs is 1. The second-order valence-electron chi connectivity index (χ2n) is 6.98. The molecule has 0 amide bonds. The third kappa shape index (κ3) is 3.02. The van der Waals surface area contributed by atoms with Crippen molar-refractivity contribution in [3.05, 3.63) is 110 Å². The summed E-state index contributed by atoms with van der Waals surface area (Å²) in [5, 5.41) is 15.7. The molecule has 0 spiro atoms. The summed E-state index contributed by atoms with van der Waals surface area (Å²) in [6, 6.07) is 13.6. The van der Waals surface area contributed by atoms with Crippen molar-refractivity contribution in [2.24, 2.45) is 16.5 Å². The normalized spacial score (nSPS) is 19.6. The molecule has 1 heterocycles. The molecule has 0 fully saturated rings. The summed E-state index contributed by atoms with van der Waals surface area (Å²) in [6.07, 6.45) is 14.2. The number of nitrogens with one attached hydrogen (secondary N) is 1. The van der Waals surface area contributed by atoms with Crippen LogP contribution in [0.1, 0.15) is 22.3 Å². The zero-order chi connectivity index (χ0) is 22.2. The van der Waals surface area contributed by atoms with E-state index in [4.69, 9.17) is 24.3 Å². The molecular formula is C24H17N5O2. The Morgan fingerprint density at radius 3 is 2.42 bits per heavy atom. The van der Waals surface area contributed by atoms with E-state index in [2.05, 4.69) is 22.2 Å². The van der Waals surface area contributed by atoms with Crippen LogP contribution >= 0.6 is 0 Å². The van der Waals surface area contributed by atoms with Gasteiger partial charge in [-0.25, -0.2) is 4.99 Å². The minimum absolute atomic E-state index is 0.100. The van der Waals surface area contributed by atoms with Crippen LogP contribution in [0.4, 0.5) is 0 Å². The van der Waals surface area contributed by atoms with Gasteiger partial charge >= 0.3 is 0 Å². The van der Waals surface area contributed by atoms with Crippen LogP contribution in [-0.4, -0.2) is 10.6 Å². The van der Waals surface area contributed by atoms with Gasteiger partial charge in [0, 0.05) is 27.7 Å². The predicted octanol–water partition coefficient (Wildman–Crippen LogP) is 2.19. The lowest BCUT2D eigenvalue weighted by Gasteiger charge is -2.33. The summed E-state index contributed by atoms with van der Waals surface area (Å²) in [6.45, 7) is 0. The first-order valence-corrected chi connectivity index (χ1v) is 9.24. The Morgan fingerprint density at radius 2 is 1.74 bits per heavy atom. The summed E-state index contributed by atoms with van der Waals surface area (Å²) < 4.78 is 0. The molecular weight excluding hydrogens is 390 g/mol. The molecule has 31 heavy (non-hydrogen) atoms. The lowest BCUT2D eigenvalue weighted by Crippen LogP contribution is -2.43. The fourth-order valence-corrected chi connectivity index (χ4v) is 3.77. The summed E-state index contributed by atoms with van der Waals surface area (Å²) >= 11 is 0. The van der Waals surface area contributed by atoms with Crippen molar-refractivity contribution in [3.8, 4) is 24.7 Å². The fourth-order valence-electron chi connectivity index (χ4n) is 3.77. The maximum absolute atomic E-state index is 12.7. The maximum Gasteiger partial charge on any atom is 0.293 e. The lowest BCUT2D eigenvalue weighted by molar-refractivity contribution is -0.544. The molecule has 0 saturated heterocycles. The molecule has 1 unspecified atom stereocenters. The highest BCUT2D eigenvalue weighted by atomic mass is 16.6. The second kappa shape index (κ2) is 7.25. The largest absolute Gasteiger partial charge is 0.382 e. The molecule has 2 aromatic rings. The number of allylic oxidation sites excluding steroid dienone is 1. The molecule has 5 N–H and O–H groups in total. The van der Waals surface area contributed by atoms with Gasteiger partial charge in [0.1, 0.15) is 5.82 Å². The Kier molecular flexibility index (Phi) is 4.58. The standard InChI is InChI=1S/C24H17N5O2/c1-3-15-7-5-9-17(13-15)20-21-19(27-22(25)23(26)28-21)11-12-24(20,29(30)31)18-10-6-8-16(4-2)14-18/h1-2,5-14,28H,25-26H2. The van der Waals surface area contributed by atoms with Crippen molar-refractivity contribution < 1.29 is 4.92 Å². The number of benzene rings is 2. The average Bonchev–Trinajstić information content (AvgIpc) is 2.79. The molecule has 2 aromatic carbocycles. The molecule has 4 rings (SSSR count). The van der Waals surface area contributed by atoms with E-state index >= 15 is 0 Å². The van der Waals surface area contributed by atoms with Crippen molar-refractivity contribution in [2.75, 3.05) is 0 Å². The van der Waals surface area contributed by atoms with Crippen molar-refractivity contribution in [1.29, 1.82) is 0 Å². The molecule has 1 aliphatic carbocycles. The van der Waals surface area contributed by atoms with Gasteiger partial charge in [-0.2, -0.15) is 0 Å². The Bertz CT molecular complexity index is 1330. The quantitative estimate of drug-likeness (QED) is 0.409. The van der Waals surface area contributed by atoms with E-state index in [0.717, 1.165) is 0 Å². The number of nitrogens with zero attached hydrogens (tertiary/aromatic N) is 2. The van der Waals surface area contributed by atoms with E-state index in [0.29, 0.717) is 39.2 Å². The number of terminal acetylenes is 2. The van der Waals surface area contributed by atoms with Crippen LogP contribution in [-0.2, 0) is 5.54 Å². The Balaban J connectivity index is 2.11. The summed E-state index contributed by atoms with van der Waals surface area (Å²) in [7, 11) is 0. The van der Waals surface area contributed by atoms with Gasteiger partial charge in [0.05, 0.1) is 17.0 Å². The van der Waals surface area contributed by atoms with Crippen molar-refractivity contribution >= 4 is 11.3 Å². The Hall–Kier alpha value is -4.75. The van der Waals surface area contributed by atoms with Crippen molar-refractivity contribution in [2.45, 2.75) is 5.54 Å². The number of rotatable bonds is 3.